The highest BCUT2D eigenvalue weighted by molar-refractivity contribution is 5.75. The van der Waals surface area contributed by atoms with Gasteiger partial charge in [0.25, 0.3) is 0 Å². The Balaban J connectivity index is 3.24. The van der Waals surface area contributed by atoms with E-state index in [1.54, 1.807) is 11.9 Å². The van der Waals surface area contributed by atoms with Gasteiger partial charge in [0.1, 0.15) is 0 Å². The van der Waals surface area contributed by atoms with E-state index in [1.807, 2.05) is 0 Å². The molecule has 46 valence electrons. The number of rotatable bonds is 3. The Bertz CT molecular complexity index is 82.5. The molecule has 0 aliphatic heterocycles. The smallest absolute Gasteiger partial charge is 0.231 e. The molecule has 0 spiro atoms. The standard InChI is InChI=1S/C5H10N2O/c1-3-7(2)4-5(6)8/h1H,3-4H2,2H3,(H2,6,8). The maximum Gasteiger partial charge on any atom is 0.231 e. The summed E-state index contributed by atoms with van der Waals surface area (Å²) in [6.07, 6.45) is 0. The second kappa shape index (κ2) is 3.43. The Labute approximate surface area is 49.5 Å². The molecule has 0 heterocycles. The highest BCUT2D eigenvalue weighted by Crippen LogP contribution is 1.75. The number of nitrogens with zero attached hydrogens (tertiary/aromatic N) is 1. The average molecular weight is 114 g/mol. The van der Waals surface area contributed by atoms with Crippen LogP contribution in [0.5, 0.6) is 0 Å². The third-order valence-corrected chi connectivity index (χ3v) is 0.737. The fourth-order valence-electron chi connectivity index (χ4n) is 0.331. The van der Waals surface area contributed by atoms with Crippen LogP contribution in [0.2, 0.25) is 0 Å². The normalized spacial score (nSPS) is 9.88. The summed E-state index contributed by atoms with van der Waals surface area (Å²) < 4.78 is 0. The van der Waals surface area contributed by atoms with Crippen molar-refractivity contribution in [2.75, 3.05) is 20.1 Å². The largest absolute Gasteiger partial charge is 0.369 e. The van der Waals surface area contributed by atoms with Crippen LogP contribution in [-0.2, 0) is 4.79 Å². The molecule has 0 fully saturated rings. The summed E-state index contributed by atoms with van der Waals surface area (Å²) in [5, 5.41) is 0. The lowest BCUT2D eigenvalue weighted by molar-refractivity contribution is -0.118. The highest BCUT2D eigenvalue weighted by Gasteiger charge is 1.96. The summed E-state index contributed by atoms with van der Waals surface area (Å²) in [6, 6.07) is 0. The van der Waals surface area contributed by atoms with Gasteiger partial charge in [-0.05, 0) is 14.0 Å². The van der Waals surface area contributed by atoms with Crippen molar-refractivity contribution in [2.45, 2.75) is 0 Å². The number of hydrogen-bond donors (Lipinski definition) is 1. The lowest BCUT2D eigenvalue weighted by Crippen LogP contribution is -2.30. The van der Waals surface area contributed by atoms with Gasteiger partial charge in [-0.2, -0.15) is 0 Å². The zero-order chi connectivity index (χ0) is 6.57. The molecule has 0 aliphatic rings. The molecule has 0 saturated heterocycles. The van der Waals surface area contributed by atoms with Crippen LogP contribution in [0, 0.1) is 6.92 Å². The zero-order valence-corrected chi connectivity index (χ0v) is 4.92. The van der Waals surface area contributed by atoms with E-state index in [0.717, 1.165) is 0 Å². The second-order valence-electron chi connectivity index (χ2n) is 1.66. The summed E-state index contributed by atoms with van der Waals surface area (Å²) in [7, 11) is 1.73. The number of carbonyl (C=O) groups excluding carboxylic acids is 1. The van der Waals surface area contributed by atoms with Gasteiger partial charge >= 0.3 is 0 Å². The molecule has 0 rings (SSSR count). The van der Waals surface area contributed by atoms with Gasteiger partial charge in [0.15, 0.2) is 0 Å². The van der Waals surface area contributed by atoms with Gasteiger partial charge in [-0.1, -0.05) is 0 Å². The van der Waals surface area contributed by atoms with E-state index < -0.39 is 0 Å². The first kappa shape index (κ1) is 7.43. The summed E-state index contributed by atoms with van der Waals surface area (Å²) >= 11 is 0. The van der Waals surface area contributed by atoms with Crippen molar-refractivity contribution in [1.29, 1.82) is 0 Å². The van der Waals surface area contributed by atoms with Gasteiger partial charge in [0.05, 0.1) is 6.54 Å². The molecular formula is C5H10N2O. The lowest BCUT2D eigenvalue weighted by atomic mass is 10.5. The summed E-state index contributed by atoms with van der Waals surface area (Å²) in [4.78, 5) is 11.7. The molecule has 3 nitrogen and oxygen atoms in total. The van der Waals surface area contributed by atoms with E-state index in [9.17, 15) is 4.79 Å². The number of amides is 1. The maximum atomic E-state index is 10.1. The molecule has 0 saturated carbocycles. The quantitative estimate of drug-likeness (QED) is 0.517. The average Bonchev–Trinajstić information content (AvgIpc) is 1.65. The van der Waals surface area contributed by atoms with Crippen LogP contribution in [0.3, 0.4) is 0 Å². The molecule has 0 bridgehead atoms. The van der Waals surface area contributed by atoms with Gasteiger partial charge in [0.2, 0.25) is 5.91 Å². The second-order valence-corrected chi connectivity index (χ2v) is 1.66. The van der Waals surface area contributed by atoms with Crippen LogP contribution in [-0.4, -0.2) is 30.9 Å². The zero-order valence-electron chi connectivity index (χ0n) is 4.92. The molecule has 0 atom stereocenters. The van der Waals surface area contributed by atoms with Gasteiger partial charge in [-0.3, -0.25) is 9.69 Å². The number of hydrogen-bond acceptors (Lipinski definition) is 2. The van der Waals surface area contributed by atoms with Crippen molar-refractivity contribution in [3.05, 3.63) is 6.92 Å². The predicted octanol–water partition coefficient (Wildman–Crippen LogP) is -0.885. The fourth-order valence-corrected chi connectivity index (χ4v) is 0.331. The Morgan fingerprint density at radius 2 is 2.38 bits per heavy atom. The van der Waals surface area contributed by atoms with Gasteiger partial charge in [0, 0.05) is 6.54 Å². The van der Waals surface area contributed by atoms with Gasteiger partial charge < -0.3 is 5.73 Å². The summed E-state index contributed by atoms with van der Waals surface area (Å²) in [5.74, 6) is -0.349. The van der Waals surface area contributed by atoms with Crippen LogP contribution >= 0.6 is 0 Å². The van der Waals surface area contributed by atoms with Crippen molar-refractivity contribution in [3.8, 4) is 0 Å². The molecule has 2 N–H and O–H groups in total. The van der Waals surface area contributed by atoms with Crippen LogP contribution in [0.4, 0.5) is 0 Å². The first-order valence-corrected chi connectivity index (χ1v) is 2.33. The van der Waals surface area contributed by atoms with E-state index in [2.05, 4.69) is 0 Å². The van der Waals surface area contributed by atoms with E-state index in [0.29, 0.717) is 6.54 Å². The van der Waals surface area contributed by atoms with Gasteiger partial charge in [-0.15, -0.1) is 0 Å². The Hall–Kier alpha value is -0.570. The fraction of sp³-hybridized carbons (Fsp3) is 0.600. The van der Waals surface area contributed by atoms with Crippen LogP contribution in [0.25, 0.3) is 0 Å². The monoisotopic (exact) mass is 114 g/mol. The minimum atomic E-state index is -0.349. The van der Waals surface area contributed by atoms with E-state index in [-0.39, 0.29) is 12.5 Å². The highest BCUT2D eigenvalue weighted by atomic mass is 16.1. The maximum absolute atomic E-state index is 10.1. The van der Waals surface area contributed by atoms with Gasteiger partial charge in [-0.25, -0.2) is 0 Å². The van der Waals surface area contributed by atoms with Crippen LogP contribution in [0.15, 0.2) is 0 Å². The SMILES string of the molecule is [CH]CN(C)CC(N)=O. The van der Waals surface area contributed by atoms with Crippen LogP contribution < -0.4 is 5.73 Å². The van der Waals surface area contributed by atoms with Crippen molar-refractivity contribution in [1.82, 2.24) is 4.90 Å². The number of nitrogens with two attached hydrogens (primary N) is 1. The molecule has 0 aromatic rings. The first-order valence-electron chi connectivity index (χ1n) is 2.33. The minimum Gasteiger partial charge on any atom is -0.369 e. The first-order chi connectivity index (χ1) is 3.66. The van der Waals surface area contributed by atoms with Crippen molar-refractivity contribution in [2.24, 2.45) is 5.73 Å². The summed E-state index contributed by atoms with van der Waals surface area (Å²) in [6.45, 7) is 5.74. The minimum absolute atomic E-state index is 0.233. The topological polar surface area (TPSA) is 46.3 Å². The van der Waals surface area contributed by atoms with E-state index >= 15 is 0 Å². The van der Waals surface area contributed by atoms with Crippen molar-refractivity contribution in [3.63, 3.8) is 0 Å². The number of carbonyl (C=O) groups is 1. The molecule has 0 aromatic carbocycles. The molecule has 8 heavy (non-hydrogen) atoms. The lowest BCUT2D eigenvalue weighted by Gasteiger charge is -2.08. The van der Waals surface area contributed by atoms with Crippen LogP contribution in [0.1, 0.15) is 0 Å². The Morgan fingerprint density at radius 1 is 1.88 bits per heavy atom. The Kier molecular flexibility index (Phi) is 3.19. The predicted molar refractivity (Wildman–Crippen MR) is 31.0 cm³/mol. The van der Waals surface area contributed by atoms with E-state index in [4.69, 9.17) is 12.7 Å². The number of likely N-dealkylation sites (N-methyl/N-ethyl adjacent to an activating group) is 1. The van der Waals surface area contributed by atoms with E-state index in [1.165, 1.54) is 0 Å². The third kappa shape index (κ3) is 3.61. The van der Waals surface area contributed by atoms with Crippen molar-refractivity contribution < 1.29 is 4.79 Å². The number of primary amides is 1. The molecule has 0 aromatic heterocycles. The molecule has 3 heteroatoms. The molecule has 0 aliphatic carbocycles. The molecule has 0 unspecified atom stereocenters. The molecular weight excluding hydrogens is 104 g/mol. The Morgan fingerprint density at radius 3 is 2.50 bits per heavy atom. The van der Waals surface area contributed by atoms with Crippen molar-refractivity contribution >= 4 is 5.91 Å². The molecule has 1 amide bonds. The third-order valence-electron chi connectivity index (χ3n) is 0.737. The molecule has 2 radical (unpaired) electrons. The summed E-state index contributed by atoms with van der Waals surface area (Å²) in [5.41, 5.74) is 4.83.